The lowest BCUT2D eigenvalue weighted by Gasteiger charge is -2.36. The summed E-state index contributed by atoms with van der Waals surface area (Å²) in [5, 5.41) is 9.29. The molecule has 0 radical (unpaired) electrons. The summed E-state index contributed by atoms with van der Waals surface area (Å²) < 4.78 is 5.70. The fourth-order valence-electron chi connectivity index (χ4n) is 2.06. The van der Waals surface area contributed by atoms with E-state index >= 15 is 0 Å². The van der Waals surface area contributed by atoms with Crippen LogP contribution < -0.4 is 4.74 Å². The van der Waals surface area contributed by atoms with Gasteiger partial charge in [0.1, 0.15) is 11.5 Å². The van der Waals surface area contributed by atoms with Crippen LogP contribution in [-0.4, -0.2) is 40.1 Å². The van der Waals surface area contributed by atoms with Crippen LogP contribution >= 0.6 is 0 Å². The molecule has 0 saturated carbocycles. The number of carbonyl (C=O) groups excluding carboxylic acids is 1. The summed E-state index contributed by atoms with van der Waals surface area (Å²) in [5.41, 5.74) is 0.489. The maximum absolute atomic E-state index is 12.3. The summed E-state index contributed by atoms with van der Waals surface area (Å²) in [5.74, 6) is 0.943. The van der Waals surface area contributed by atoms with E-state index in [0.717, 1.165) is 0 Å². The molecule has 1 amide bonds. The molecule has 102 valence electrons. The van der Waals surface area contributed by atoms with Crippen LogP contribution in [0.15, 0.2) is 48.8 Å². The first-order valence-corrected chi connectivity index (χ1v) is 6.38. The molecule has 2 aromatic rings. The summed E-state index contributed by atoms with van der Waals surface area (Å²) in [4.78, 5) is 17.9. The molecule has 2 heterocycles. The van der Waals surface area contributed by atoms with Crippen LogP contribution in [0.2, 0.25) is 0 Å². The van der Waals surface area contributed by atoms with Gasteiger partial charge in [-0.25, -0.2) is 0 Å². The summed E-state index contributed by atoms with van der Waals surface area (Å²) >= 11 is 0. The molecule has 1 fully saturated rings. The van der Waals surface area contributed by atoms with Crippen molar-refractivity contribution in [2.75, 3.05) is 13.1 Å². The second kappa shape index (κ2) is 5.30. The predicted molar refractivity (Wildman–Crippen MR) is 72.7 cm³/mol. The molecule has 5 heteroatoms. The van der Waals surface area contributed by atoms with E-state index in [2.05, 4.69) is 4.98 Å². The minimum atomic E-state index is -0.412. The van der Waals surface area contributed by atoms with E-state index in [0.29, 0.717) is 30.2 Å². The zero-order chi connectivity index (χ0) is 13.9. The average molecular weight is 270 g/mol. The normalized spacial score (nSPS) is 14.8. The number of pyridine rings is 1. The highest BCUT2D eigenvalue weighted by atomic mass is 16.5. The van der Waals surface area contributed by atoms with Crippen LogP contribution in [0, 0.1) is 0 Å². The number of ether oxygens (including phenoxy) is 1. The van der Waals surface area contributed by atoms with Crippen LogP contribution in [0.5, 0.6) is 11.5 Å². The molecular weight excluding hydrogens is 256 g/mol. The van der Waals surface area contributed by atoms with Gasteiger partial charge in [0.25, 0.3) is 5.91 Å². The summed E-state index contributed by atoms with van der Waals surface area (Å²) in [6.45, 7) is 0.750. The third-order valence-corrected chi connectivity index (χ3v) is 3.13. The standard InChI is InChI=1S/C15H14N2O3/c18-11-9-17(10-11)15(19)13-5-1-2-6-14(13)20-12-4-3-7-16-8-12/h1-8,11,18H,9-10H2. The number of para-hydroxylation sites is 1. The van der Waals surface area contributed by atoms with E-state index in [4.69, 9.17) is 4.74 Å². The van der Waals surface area contributed by atoms with Crippen LogP contribution in [0.25, 0.3) is 0 Å². The van der Waals surface area contributed by atoms with Gasteiger partial charge in [-0.2, -0.15) is 0 Å². The van der Waals surface area contributed by atoms with Gasteiger partial charge < -0.3 is 14.7 Å². The fourth-order valence-corrected chi connectivity index (χ4v) is 2.06. The number of nitrogens with zero attached hydrogens (tertiary/aromatic N) is 2. The first kappa shape index (κ1) is 12.6. The highest BCUT2D eigenvalue weighted by Gasteiger charge is 2.30. The Bertz CT molecular complexity index is 610. The number of aliphatic hydroxyl groups excluding tert-OH is 1. The number of aliphatic hydroxyl groups is 1. The molecule has 1 aromatic carbocycles. The van der Waals surface area contributed by atoms with Crippen LogP contribution in [0.1, 0.15) is 10.4 Å². The van der Waals surface area contributed by atoms with Gasteiger partial charge in [0.05, 0.1) is 17.9 Å². The van der Waals surface area contributed by atoms with Crippen molar-refractivity contribution >= 4 is 5.91 Å². The predicted octanol–water partition coefficient (Wildman–Crippen LogP) is 1.69. The lowest BCUT2D eigenvalue weighted by Crippen LogP contribution is -2.53. The Hall–Kier alpha value is -2.40. The Morgan fingerprint density at radius 3 is 2.75 bits per heavy atom. The van der Waals surface area contributed by atoms with E-state index in [1.54, 1.807) is 47.6 Å². The second-order valence-corrected chi connectivity index (χ2v) is 4.65. The third kappa shape index (κ3) is 2.48. The van der Waals surface area contributed by atoms with Crippen molar-refractivity contribution in [3.05, 3.63) is 54.4 Å². The molecule has 0 atom stereocenters. The monoisotopic (exact) mass is 270 g/mol. The van der Waals surface area contributed by atoms with Crippen molar-refractivity contribution in [3.8, 4) is 11.5 Å². The van der Waals surface area contributed by atoms with Crippen molar-refractivity contribution < 1.29 is 14.6 Å². The minimum Gasteiger partial charge on any atom is -0.455 e. The van der Waals surface area contributed by atoms with E-state index in [1.807, 2.05) is 6.07 Å². The number of carbonyl (C=O) groups is 1. The summed E-state index contributed by atoms with van der Waals surface area (Å²) in [7, 11) is 0. The molecule has 1 saturated heterocycles. The number of aromatic nitrogens is 1. The topological polar surface area (TPSA) is 62.7 Å². The summed E-state index contributed by atoms with van der Waals surface area (Å²) in [6.07, 6.45) is 2.84. The van der Waals surface area contributed by atoms with Gasteiger partial charge in [-0.1, -0.05) is 12.1 Å². The SMILES string of the molecule is O=C(c1ccccc1Oc1cccnc1)N1CC(O)C1. The third-order valence-electron chi connectivity index (χ3n) is 3.13. The molecule has 1 aromatic heterocycles. The number of hydrogen-bond acceptors (Lipinski definition) is 4. The Kier molecular flexibility index (Phi) is 3.35. The first-order chi connectivity index (χ1) is 9.74. The Morgan fingerprint density at radius 1 is 1.25 bits per heavy atom. The number of benzene rings is 1. The van der Waals surface area contributed by atoms with Crippen molar-refractivity contribution in [2.24, 2.45) is 0 Å². The molecule has 20 heavy (non-hydrogen) atoms. The van der Waals surface area contributed by atoms with E-state index in [1.165, 1.54) is 0 Å². The van der Waals surface area contributed by atoms with Crippen LogP contribution in [0.3, 0.4) is 0 Å². The fraction of sp³-hybridized carbons (Fsp3) is 0.200. The number of β-amino-alcohol motifs (C(OH)–C–C–N with tert-alkyl or cyclic N) is 1. The van der Waals surface area contributed by atoms with Gasteiger partial charge in [-0.15, -0.1) is 0 Å². The van der Waals surface area contributed by atoms with E-state index < -0.39 is 6.10 Å². The molecule has 3 rings (SSSR count). The number of rotatable bonds is 3. The first-order valence-electron chi connectivity index (χ1n) is 6.38. The molecule has 1 aliphatic rings. The van der Waals surface area contributed by atoms with E-state index in [-0.39, 0.29) is 5.91 Å². The second-order valence-electron chi connectivity index (χ2n) is 4.65. The van der Waals surface area contributed by atoms with E-state index in [9.17, 15) is 9.90 Å². The smallest absolute Gasteiger partial charge is 0.257 e. The van der Waals surface area contributed by atoms with Gasteiger partial charge >= 0.3 is 0 Å². The zero-order valence-corrected chi connectivity index (χ0v) is 10.8. The highest BCUT2D eigenvalue weighted by Crippen LogP contribution is 2.26. The zero-order valence-electron chi connectivity index (χ0n) is 10.8. The van der Waals surface area contributed by atoms with Crippen molar-refractivity contribution in [3.63, 3.8) is 0 Å². The quantitative estimate of drug-likeness (QED) is 0.922. The Labute approximate surface area is 116 Å². The number of likely N-dealkylation sites (tertiary alicyclic amines) is 1. The van der Waals surface area contributed by atoms with Crippen molar-refractivity contribution in [1.82, 2.24) is 9.88 Å². The highest BCUT2D eigenvalue weighted by molar-refractivity contribution is 5.97. The molecule has 0 bridgehead atoms. The van der Waals surface area contributed by atoms with Crippen molar-refractivity contribution in [1.29, 1.82) is 0 Å². The Morgan fingerprint density at radius 2 is 2.05 bits per heavy atom. The molecule has 0 spiro atoms. The maximum Gasteiger partial charge on any atom is 0.257 e. The number of amides is 1. The Balaban J connectivity index is 1.83. The molecule has 1 N–H and O–H groups in total. The molecule has 1 aliphatic heterocycles. The molecular formula is C15H14N2O3. The maximum atomic E-state index is 12.3. The van der Waals surface area contributed by atoms with Gasteiger partial charge in [0.2, 0.25) is 0 Å². The van der Waals surface area contributed by atoms with Gasteiger partial charge in [-0.05, 0) is 24.3 Å². The number of hydrogen-bond donors (Lipinski definition) is 1. The van der Waals surface area contributed by atoms with Crippen molar-refractivity contribution in [2.45, 2.75) is 6.10 Å². The molecule has 5 nitrogen and oxygen atoms in total. The largest absolute Gasteiger partial charge is 0.455 e. The summed E-state index contributed by atoms with van der Waals surface area (Å²) in [6, 6.07) is 10.6. The van der Waals surface area contributed by atoms with Gasteiger partial charge in [0, 0.05) is 19.3 Å². The molecule has 0 aliphatic carbocycles. The molecule has 0 unspecified atom stereocenters. The lowest BCUT2D eigenvalue weighted by molar-refractivity contribution is 0.00574. The minimum absolute atomic E-state index is 0.130. The average Bonchev–Trinajstić information content (AvgIpc) is 2.45. The van der Waals surface area contributed by atoms with Crippen LogP contribution in [0.4, 0.5) is 0 Å². The van der Waals surface area contributed by atoms with Gasteiger partial charge in [0.15, 0.2) is 0 Å². The van der Waals surface area contributed by atoms with Crippen LogP contribution in [-0.2, 0) is 0 Å². The lowest BCUT2D eigenvalue weighted by atomic mass is 10.1. The van der Waals surface area contributed by atoms with Gasteiger partial charge in [-0.3, -0.25) is 9.78 Å².